The molecule has 0 fully saturated rings. The second-order valence-electron chi connectivity index (χ2n) is 5.95. The van der Waals surface area contributed by atoms with Gasteiger partial charge in [0.2, 0.25) is 0 Å². The van der Waals surface area contributed by atoms with Crippen LogP contribution in [0.4, 0.5) is 5.82 Å². The van der Waals surface area contributed by atoms with E-state index in [0.29, 0.717) is 11.0 Å². The van der Waals surface area contributed by atoms with Crippen molar-refractivity contribution >= 4 is 29.2 Å². The van der Waals surface area contributed by atoms with Gasteiger partial charge in [0.25, 0.3) is 0 Å². The number of rotatable bonds is 5. The maximum Gasteiger partial charge on any atom is 0.137 e. The average molecular weight is 318 g/mol. The van der Waals surface area contributed by atoms with Gasteiger partial charge in [-0.05, 0) is 20.1 Å². The normalized spacial score (nSPS) is 15.0. The third kappa shape index (κ3) is 4.24. The SMILES string of the molecule is CSC(CO)C(C)Nc1nc(C(C)(C)C)nc(Cl)c1C. The standard InChI is InChI=1S/C14H24ClN3OS/c1-8-11(15)17-13(14(3,4)5)18-12(8)16-9(2)10(7-19)20-6/h9-10,19H,7H2,1-6H3,(H,16,17,18). The van der Waals surface area contributed by atoms with Gasteiger partial charge in [-0.25, -0.2) is 9.97 Å². The fourth-order valence-corrected chi connectivity index (χ4v) is 2.51. The molecule has 0 saturated carbocycles. The minimum Gasteiger partial charge on any atom is -0.395 e. The molecule has 0 aliphatic heterocycles. The highest BCUT2D eigenvalue weighted by Crippen LogP contribution is 2.27. The highest BCUT2D eigenvalue weighted by atomic mass is 35.5. The van der Waals surface area contributed by atoms with Crippen LogP contribution in [0, 0.1) is 6.92 Å². The molecule has 0 bridgehead atoms. The number of nitrogens with zero attached hydrogens (tertiary/aromatic N) is 2. The first-order valence-electron chi connectivity index (χ1n) is 6.65. The third-order valence-corrected chi connectivity index (χ3v) is 4.69. The molecule has 0 amide bonds. The molecule has 2 atom stereocenters. The first-order valence-corrected chi connectivity index (χ1v) is 8.32. The fourth-order valence-electron chi connectivity index (χ4n) is 1.71. The number of aliphatic hydroxyl groups excluding tert-OH is 1. The molecule has 1 aromatic rings. The molecule has 2 N–H and O–H groups in total. The van der Waals surface area contributed by atoms with E-state index in [-0.39, 0.29) is 23.3 Å². The van der Waals surface area contributed by atoms with Gasteiger partial charge in [-0.2, -0.15) is 11.8 Å². The Morgan fingerprint density at radius 2 is 1.95 bits per heavy atom. The van der Waals surface area contributed by atoms with Crippen LogP contribution < -0.4 is 5.32 Å². The minimum atomic E-state index is -0.160. The Bertz CT molecular complexity index is 458. The molecule has 1 aromatic heterocycles. The van der Waals surface area contributed by atoms with Crippen molar-refractivity contribution in [3.8, 4) is 0 Å². The Morgan fingerprint density at radius 1 is 1.35 bits per heavy atom. The van der Waals surface area contributed by atoms with Crippen molar-refractivity contribution in [1.82, 2.24) is 9.97 Å². The fraction of sp³-hybridized carbons (Fsp3) is 0.714. The Kier molecular flexibility index (Phi) is 6.10. The monoisotopic (exact) mass is 317 g/mol. The van der Waals surface area contributed by atoms with Gasteiger partial charge in [-0.15, -0.1) is 0 Å². The smallest absolute Gasteiger partial charge is 0.137 e. The van der Waals surface area contributed by atoms with Crippen molar-refractivity contribution in [2.45, 2.75) is 51.3 Å². The molecule has 1 heterocycles. The summed E-state index contributed by atoms with van der Waals surface area (Å²) in [7, 11) is 0. The van der Waals surface area contributed by atoms with Gasteiger partial charge < -0.3 is 10.4 Å². The summed E-state index contributed by atoms with van der Waals surface area (Å²) >= 11 is 7.84. The van der Waals surface area contributed by atoms with Crippen molar-refractivity contribution in [3.05, 3.63) is 16.5 Å². The van der Waals surface area contributed by atoms with Gasteiger partial charge in [0.1, 0.15) is 16.8 Å². The van der Waals surface area contributed by atoms with Crippen molar-refractivity contribution in [2.24, 2.45) is 0 Å². The van der Waals surface area contributed by atoms with Crippen LogP contribution in [0.3, 0.4) is 0 Å². The molecular weight excluding hydrogens is 294 g/mol. The molecular formula is C14H24ClN3OS. The van der Waals surface area contributed by atoms with Crippen LogP contribution in [0.5, 0.6) is 0 Å². The van der Waals surface area contributed by atoms with Crippen LogP contribution in [0.15, 0.2) is 0 Å². The Balaban J connectivity index is 3.08. The van der Waals surface area contributed by atoms with Crippen LogP contribution in [-0.4, -0.2) is 39.2 Å². The molecule has 20 heavy (non-hydrogen) atoms. The summed E-state index contributed by atoms with van der Waals surface area (Å²) in [5.41, 5.74) is 0.677. The average Bonchev–Trinajstić information content (AvgIpc) is 2.34. The minimum absolute atomic E-state index is 0.0903. The van der Waals surface area contributed by atoms with E-state index in [9.17, 15) is 5.11 Å². The first-order chi connectivity index (χ1) is 9.20. The van der Waals surface area contributed by atoms with Crippen molar-refractivity contribution in [1.29, 1.82) is 0 Å². The zero-order chi connectivity index (χ0) is 15.5. The second-order valence-corrected chi connectivity index (χ2v) is 7.39. The Morgan fingerprint density at radius 3 is 2.40 bits per heavy atom. The highest BCUT2D eigenvalue weighted by Gasteiger charge is 2.22. The second kappa shape index (κ2) is 6.96. The summed E-state index contributed by atoms with van der Waals surface area (Å²) in [4.78, 5) is 8.95. The summed E-state index contributed by atoms with van der Waals surface area (Å²) < 4.78 is 0. The quantitative estimate of drug-likeness (QED) is 0.816. The first kappa shape index (κ1) is 17.5. The van der Waals surface area contributed by atoms with Gasteiger partial charge in [-0.1, -0.05) is 32.4 Å². The van der Waals surface area contributed by atoms with Crippen LogP contribution in [0.2, 0.25) is 5.15 Å². The molecule has 0 radical (unpaired) electrons. The van der Waals surface area contributed by atoms with Crippen molar-refractivity contribution in [3.63, 3.8) is 0 Å². The van der Waals surface area contributed by atoms with E-state index in [1.807, 2.05) is 20.1 Å². The maximum absolute atomic E-state index is 9.36. The predicted molar refractivity (Wildman–Crippen MR) is 88.0 cm³/mol. The summed E-state index contributed by atoms with van der Waals surface area (Å²) in [6.07, 6.45) is 1.99. The van der Waals surface area contributed by atoms with Crippen LogP contribution in [0.1, 0.15) is 39.1 Å². The van der Waals surface area contributed by atoms with E-state index in [2.05, 4.69) is 36.1 Å². The molecule has 0 aliphatic rings. The topological polar surface area (TPSA) is 58.0 Å². The third-order valence-electron chi connectivity index (χ3n) is 3.16. The molecule has 4 nitrogen and oxygen atoms in total. The van der Waals surface area contributed by atoms with Gasteiger partial charge in [0.05, 0.1) is 6.61 Å². The maximum atomic E-state index is 9.36. The lowest BCUT2D eigenvalue weighted by molar-refractivity contribution is 0.288. The van der Waals surface area contributed by atoms with Crippen molar-refractivity contribution < 1.29 is 5.11 Å². The molecule has 114 valence electrons. The summed E-state index contributed by atoms with van der Waals surface area (Å²) in [5.74, 6) is 1.46. The van der Waals surface area contributed by atoms with E-state index >= 15 is 0 Å². The van der Waals surface area contributed by atoms with E-state index in [4.69, 9.17) is 11.6 Å². The number of hydrogen-bond donors (Lipinski definition) is 2. The molecule has 1 rings (SSSR count). The van der Waals surface area contributed by atoms with Gasteiger partial charge in [0.15, 0.2) is 0 Å². The number of aromatic nitrogens is 2. The van der Waals surface area contributed by atoms with Gasteiger partial charge in [0, 0.05) is 22.3 Å². The molecule has 2 unspecified atom stereocenters. The molecule has 0 aliphatic carbocycles. The lowest BCUT2D eigenvalue weighted by atomic mass is 9.95. The number of thioether (sulfide) groups is 1. The van der Waals surface area contributed by atoms with E-state index < -0.39 is 0 Å². The van der Waals surface area contributed by atoms with E-state index in [0.717, 1.165) is 11.4 Å². The van der Waals surface area contributed by atoms with E-state index in [1.165, 1.54) is 0 Å². The molecule has 0 saturated heterocycles. The number of hydrogen-bond acceptors (Lipinski definition) is 5. The highest BCUT2D eigenvalue weighted by molar-refractivity contribution is 7.99. The van der Waals surface area contributed by atoms with Crippen LogP contribution >= 0.6 is 23.4 Å². The largest absolute Gasteiger partial charge is 0.395 e. The van der Waals surface area contributed by atoms with Crippen LogP contribution in [-0.2, 0) is 5.41 Å². The molecule has 0 spiro atoms. The lowest BCUT2D eigenvalue weighted by Gasteiger charge is -2.24. The molecule has 0 aromatic carbocycles. The zero-order valence-corrected chi connectivity index (χ0v) is 14.6. The number of halogens is 1. The lowest BCUT2D eigenvalue weighted by Crippen LogP contribution is -2.32. The van der Waals surface area contributed by atoms with E-state index in [1.54, 1.807) is 11.8 Å². The number of anilines is 1. The summed E-state index contributed by atoms with van der Waals surface area (Å²) in [6, 6.07) is 0.0903. The summed E-state index contributed by atoms with van der Waals surface area (Å²) in [5, 5.41) is 13.3. The summed E-state index contributed by atoms with van der Waals surface area (Å²) in [6.45, 7) is 10.2. The Labute approximate surface area is 130 Å². The molecule has 6 heteroatoms. The van der Waals surface area contributed by atoms with Crippen LogP contribution in [0.25, 0.3) is 0 Å². The zero-order valence-electron chi connectivity index (χ0n) is 13.0. The number of nitrogens with one attached hydrogen (secondary N) is 1. The van der Waals surface area contributed by atoms with Gasteiger partial charge in [-0.3, -0.25) is 0 Å². The number of aliphatic hydroxyl groups is 1. The van der Waals surface area contributed by atoms with Crippen molar-refractivity contribution in [2.75, 3.05) is 18.2 Å². The Hall–Kier alpha value is -0.520. The van der Waals surface area contributed by atoms with Gasteiger partial charge >= 0.3 is 0 Å². The predicted octanol–water partition coefficient (Wildman–Crippen LogP) is 3.26.